The fourth-order valence-electron chi connectivity index (χ4n) is 7.39. The summed E-state index contributed by atoms with van der Waals surface area (Å²) in [5, 5.41) is 0. The standard InChI is InChI=1S/C55H37N5/c1-5-14-38(15-6-1)39-24-26-40(27-25-39)41-28-32-43(33-29-41)50-37-51(57-52(56-50)44-16-7-2-8-17-44)49-23-13-22-48(36-49)42-30-34-47(35-31-42)55-59-53(45-18-9-3-10-19-45)58-54(60-55)46-20-11-4-12-21-46/h1-37H. The van der Waals surface area contributed by atoms with Crippen LogP contribution in [0.3, 0.4) is 0 Å². The molecule has 5 nitrogen and oxygen atoms in total. The van der Waals surface area contributed by atoms with E-state index in [9.17, 15) is 0 Å². The molecule has 0 radical (unpaired) electrons. The molecule has 5 heteroatoms. The fraction of sp³-hybridized carbons (Fsp3) is 0. The maximum Gasteiger partial charge on any atom is 0.164 e. The largest absolute Gasteiger partial charge is 0.228 e. The van der Waals surface area contributed by atoms with E-state index in [4.69, 9.17) is 24.9 Å². The van der Waals surface area contributed by atoms with Crippen LogP contribution in [0.15, 0.2) is 224 Å². The lowest BCUT2D eigenvalue weighted by atomic mass is 9.98. The molecule has 0 saturated heterocycles. The smallest absolute Gasteiger partial charge is 0.164 e. The summed E-state index contributed by atoms with van der Waals surface area (Å²) in [6, 6.07) is 77.1. The summed E-state index contributed by atoms with van der Waals surface area (Å²) in [7, 11) is 0. The van der Waals surface area contributed by atoms with Crippen LogP contribution in [0.2, 0.25) is 0 Å². The average molecular weight is 768 g/mol. The first-order valence-corrected chi connectivity index (χ1v) is 20.0. The lowest BCUT2D eigenvalue weighted by Crippen LogP contribution is -2.00. The second-order valence-electron chi connectivity index (χ2n) is 14.5. The molecule has 0 unspecified atom stereocenters. The topological polar surface area (TPSA) is 64.5 Å². The van der Waals surface area contributed by atoms with Gasteiger partial charge in [0, 0.05) is 33.4 Å². The normalized spacial score (nSPS) is 11.0. The summed E-state index contributed by atoms with van der Waals surface area (Å²) < 4.78 is 0. The average Bonchev–Trinajstić information content (AvgIpc) is 3.35. The Kier molecular flexibility index (Phi) is 9.88. The molecular weight excluding hydrogens is 731 g/mol. The van der Waals surface area contributed by atoms with E-state index in [1.165, 1.54) is 16.7 Å². The van der Waals surface area contributed by atoms with Crippen molar-refractivity contribution in [1.82, 2.24) is 24.9 Å². The van der Waals surface area contributed by atoms with Gasteiger partial charge in [0.1, 0.15) is 0 Å². The van der Waals surface area contributed by atoms with Gasteiger partial charge in [-0.3, -0.25) is 0 Å². The zero-order valence-electron chi connectivity index (χ0n) is 32.6. The molecule has 0 atom stereocenters. The van der Waals surface area contributed by atoms with E-state index in [-0.39, 0.29) is 0 Å². The van der Waals surface area contributed by atoms with Crippen LogP contribution in [0.5, 0.6) is 0 Å². The molecule has 10 aromatic rings. The number of hydrogen-bond donors (Lipinski definition) is 0. The first-order valence-electron chi connectivity index (χ1n) is 20.0. The zero-order chi connectivity index (χ0) is 40.1. The third-order valence-electron chi connectivity index (χ3n) is 10.6. The van der Waals surface area contributed by atoms with Gasteiger partial charge >= 0.3 is 0 Å². The molecule has 0 bridgehead atoms. The summed E-state index contributed by atoms with van der Waals surface area (Å²) in [6.45, 7) is 0. The monoisotopic (exact) mass is 767 g/mol. The molecule has 0 aliphatic carbocycles. The SMILES string of the molecule is c1ccc(-c2ccc(-c3ccc(-c4cc(-c5cccc(-c6ccc(-c7nc(-c8ccccc8)nc(-c8ccccc8)n7)cc6)c5)nc(-c5ccccc5)n4)cc3)cc2)cc1. The molecule has 8 aromatic carbocycles. The number of aromatic nitrogens is 5. The minimum Gasteiger partial charge on any atom is -0.228 e. The van der Waals surface area contributed by atoms with Crippen molar-refractivity contribution in [3.63, 3.8) is 0 Å². The van der Waals surface area contributed by atoms with Crippen molar-refractivity contribution in [3.05, 3.63) is 224 Å². The minimum absolute atomic E-state index is 0.624. The highest BCUT2D eigenvalue weighted by molar-refractivity contribution is 5.78. The summed E-state index contributed by atoms with van der Waals surface area (Å²) in [6.07, 6.45) is 0. The minimum atomic E-state index is 0.624. The maximum atomic E-state index is 5.12. The Labute approximate surface area is 349 Å². The van der Waals surface area contributed by atoms with Crippen molar-refractivity contribution in [2.24, 2.45) is 0 Å². The number of hydrogen-bond acceptors (Lipinski definition) is 5. The van der Waals surface area contributed by atoms with Gasteiger partial charge in [-0.1, -0.05) is 212 Å². The summed E-state index contributed by atoms with van der Waals surface area (Å²) in [4.78, 5) is 24.9. The van der Waals surface area contributed by atoms with Gasteiger partial charge < -0.3 is 0 Å². The van der Waals surface area contributed by atoms with Crippen molar-refractivity contribution in [3.8, 4) is 101 Å². The van der Waals surface area contributed by atoms with E-state index in [2.05, 4.69) is 140 Å². The van der Waals surface area contributed by atoms with Crippen LogP contribution in [-0.4, -0.2) is 24.9 Å². The predicted molar refractivity (Wildman–Crippen MR) is 244 cm³/mol. The molecule has 0 fully saturated rings. The third-order valence-corrected chi connectivity index (χ3v) is 10.6. The van der Waals surface area contributed by atoms with Crippen LogP contribution >= 0.6 is 0 Å². The van der Waals surface area contributed by atoms with Crippen molar-refractivity contribution in [1.29, 1.82) is 0 Å². The van der Waals surface area contributed by atoms with Crippen molar-refractivity contribution in [2.75, 3.05) is 0 Å². The van der Waals surface area contributed by atoms with E-state index >= 15 is 0 Å². The summed E-state index contributed by atoms with van der Waals surface area (Å²) in [5.74, 6) is 2.58. The first-order chi connectivity index (χ1) is 29.7. The van der Waals surface area contributed by atoms with Crippen molar-refractivity contribution < 1.29 is 0 Å². The van der Waals surface area contributed by atoms with Crippen molar-refractivity contribution in [2.45, 2.75) is 0 Å². The molecular formula is C55H37N5. The van der Waals surface area contributed by atoms with Gasteiger partial charge in [0.25, 0.3) is 0 Å². The molecule has 0 N–H and O–H groups in total. The third kappa shape index (κ3) is 7.76. The Hall–Kier alpha value is -8.15. The molecule has 0 saturated carbocycles. The molecule has 60 heavy (non-hydrogen) atoms. The highest BCUT2D eigenvalue weighted by atomic mass is 15.0. The Morgan fingerprint density at radius 1 is 0.167 bits per heavy atom. The predicted octanol–water partition coefficient (Wildman–Crippen LogP) is 13.7. The molecule has 2 aromatic heterocycles. The van der Waals surface area contributed by atoms with Gasteiger partial charge in [-0.2, -0.15) is 0 Å². The van der Waals surface area contributed by atoms with Gasteiger partial charge in [0.05, 0.1) is 11.4 Å². The molecule has 282 valence electrons. The maximum absolute atomic E-state index is 5.12. The van der Waals surface area contributed by atoms with E-state index in [0.717, 1.165) is 61.5 Å². The van der Waals surface area contributed by atoms with Crippen LogP contribution in [0.1, 0.15) is 0 Å². The summed E-state index contributed by atoms with van der Waals surface area (Å²) >= 11 is 0. The van der Waals surface area contributed by atoms with Crippen molar-refractivity contribution >= 4 is 0 Å². The van der Waals surface area contributed by atoms with Crippen LogP contribution in [0, 0.1) is 0 Å². The van der Waals surface area contributed by atoms with E-state index in [0.29, 0.717) is 23.3 Å². The van der Waals surface area contributed by atoms with Crippen LogP contribution in [0.4, 0.5) is 0 Å². The Bertz CT molecular complexity index is 2970. The van der Waals surface area contributed by atoms with E-state index in [1.807, 2.05) is 84.9 Å². The molecule has 10 rings (SSSR count). The fourth-order valence-corrected chi connectivity index (χ4v) is 7.39. The Morgan fingerprint density at radius 3 is 0.867 bits per heavy atom. The number of benzene rings is 8. The lowest BCUT2D eigenvalue weighted by molar-refractivity contribution is 1.07. The molecule has 0 amide bonds. The Balaban J connectivity index is 0.963. The quantitative estimate of drug-likeness (QED) is 0.146. The second-order valence-corrected chi connectivity index (χ2v) is 14.5. The second kappa shape index (κ2) is 16.4. The van der Waals surface area contributed by atoms with Crippen LogP contribution in [0.25, 0.3) is 101 Å². The summed E-state index contributed by atoms with van der Waals surface area (Å²) in [5.41, 5.74) is 14.4. The highest BCUT2D eigenvalue weighted by Crippen LogP contribution is 2.33. The van der Waals surface area contributed by atoms with Gasteiger partial charge in [-0.15, -0.1) is 0 Å². The lowest BCUT2D eigenvalue weighted by Gasteiger charge is -2.12. The first kappa shape index (κ1) is 36.2. The number of rotatable bonds is 9. The highest BCUT2D eigenvalue weighted by Gasteiger charge is 2.15. The van der Waals surface area contributed by atoms with Gasteiger partial charge in [-0.05, 0) is 45.5 Å². The van der Waals surface area contributed by atoms with Crippen LogP contribution in [-0.2, 0) is 0 Å². The zero-order valence-corrected chi connectivity index (χ0v) is 32.6. The van der Waals surface area contributed by atoms with E-state index in [1.54, 1.807) is 0 Å². The Morgan fingerprint density at radius 2 is 0.433 bits per heavy atom. The van der Waals surface area contributed by atoms with Gasteiger partial charge in [0.15, 0.2) is 23.3 Å². The van der Waals surface area contributed by atoms with Gasteiger partial charge in [0.2, 0.25) is 0 Å². The number of nitrogens with zero attached hydrogens (tertiary/aromatic N) is 5. The molecule has 0 spiro atoms. The molecule has 2 heterocycles. The molecule has 0 aliphatic heterocycles. The molecule has 0 aliphatic rings. The van der Waals surface area contributed by atoms with Gasteiger partial charge in [-0.25, -0.2) is 24.9 Å². The van der Waals surface area contributed by atoms with Crippen LogP contribution < -0.4 is 0 Å². The van der Waals surface area contributed by atoms with E-state index < -0.39 is 0 Å².